The Balaban J connectivity index is 1.73. The van der Waals surface area contributed by atoms with Gasteiger partial charge in [-0.3, -0.25) is 4.79 Å². The molecule has 0 unspecified atom stereocenters. The predicted octanol–water partition coefficient (Wildman–Crippen LogP) is 5.25. The zero-order chi connectivity index (χ0) is 17.8. The van der Waals surface area contributed by atoms with Crippen molar-refractivity contribution in [2.45, 2.75) is 6.92 Å². The number of carbonyl (C=O) groups is 1. The number of ether oxygens (including phenoxy) is 1. The van der Waals surface area contributed by atoms with Gasteiger partial charge in [0.05, 0.1) is 19.1 Å². The third kappa shape index (κ3) is 3.95. The highest BCUT2D eigenvalue weighted by Gasteiger charge is 2.10. The summed E-state index contributed by atoms with van der Waals surface area (Å²) in [6.07, 6.45) is 1.46. The summed E-state index contributed by atoms with van der Waals surface area (Å²) in [5, 5.41) is 6.71. The van der Waals surface area contributed by atoms with Crippen LogP contribution in [-0.4, -0.2) is 13.0 Å². The van der Waals surface area contributed by atoms with Gasteiger partial charge < -0.3 is 19.8 Å². The number of furan rings is 1. The van der Waals surface area contributed by atoms with E-state index in [0.717, 1.165) is 16.9 Å². The second kappa shape index (κ2) is 7.32. The van der Waals surface area contributed by atoms with Gasteiger partial charge in [0, 0.05) is 22.5 Å². The molecular weight excluding hydrogens is 340 g/mol. The fourth-order valence-corrected chi connectivity index (χ4v) is 2.48. The highest BCUT2D eigenvalue weighted by atomic mass is 35.5. The van der Waals surface area contributed by atoms with Crippen LogP contribution in [0, 0.1) is 6.92 Å². The van der Waals surface area contributed by atoms with Crippen molar-refractivity contribution in [3.8, 4) is 5.75 Å². The quantitative estimate of drug-likeness (QED) is 0.655. The molecule has 3 aromatic rings. The summed E-state index contributed by atoms with van der Waals surface area (Å²) < 4.78 is 10.4. The van der Waals surface area contributed by atoms with Crippen molar-refractivity contribution in [1.82, 2.24) is 0 Å². The minimum Gasteiger partial charge on any atom is -0.495 e. The molecule has 5 nitrogen and oxygen atoms in total. The van der Waals surface area contributed by atoms with E-state index in [0.29, 0.717) is 16.5 Å². The summed E-state index contributed by atoms with van der Waals surface area (Å²) in [7, 11) is 1.60. The molecule has 6 heteroatoms. The van der Waals surface area contributed by atoms with Crippen LogP contribution in [0.2, 0.25) is 5.02 Å². The van der Waals surface area contributed by atoms with Crippen molar-refractivity contribution in [3.63, 3.8) is 0 Å². The summed E-state index contributed by atoms with van der Waals surface area (Å²) in [5.41, 5.74) is 3.30. The Morgan fingerprint density at radius 2 is 1.84 bits per heavy atom. The molecule has 3 rings (SSSR count). The Morgan fingerprint density at radius 3 is 2.48 bits per heavy atom. The standard InChI is InChI=1S/C19H17ClN2O3/c1-12-10-16(18(24-2)11-15(12)20)21-13-5-7-14(8-6-13)22-19(23)17-4-3-9-25-17/h3-11,21H,1-2H3,(H,22,23). The molecule has 0 saturated heterocycles. The Hall–Kier alpha value is -2.92. The molecule has 25 heavy (non-hydrogen) atoms. The molecule has 128 valence electrons. The average molecular weight is 357 g/mol. The molecule has 0 atom stereocenters. The molecule has 1 amide bonds. The maximum atomic E-state index is 12.0. The van der Waals surface area contributed by atoms with Gasteiger partial charge in [-0.05, 0) is 55.0 Å². The number of halogens is 1. The molecule has 0 aliphatic heterocycles. The number of nitrogens with one attached hydrogen (secondary N) is 2. The van der Waals surface area contributed by atoms with Gasteiger partial charge in [0.1, 0.15) is 5.75 Å². The van der Waals surface area contributed by atoms with Gasteiger partial charge in [-0.1, -0.05) is 11.6 Å². The molecule has 0 radical (unpaired) electrons. The smallest absolute Gasteiger partial charge is 0.291 e. The van der Waals surface area contributed by atoms with Gasteiger partial charge in [0.2, 0.25) is 0 Å². The van der Waals surface area contributed by atoms with E-state index in [2.05, 4.69) is 10.6 Å². The molecule has 0 spiro atoms. The van der Waals surface area contributed by atoms with Crippen LogP contribution >= 0.6 is 11.6 Å². The number of hydrogen-bond donors (Lipinski definition) is 2. The highest BCUT2D eigenvalue weighted by Crippen LogP contribution is 2.33. The first-order valence-electron chi connectivity index (χ1n) is 7.63. The van der Waals surface area contributed by atoms with Crippen molar-refractivity contribution < 1.29 is 13.9 Å². The van der Waals surface area contributed by atoms with Crippen molar-refractivity contribution in [2.75, 3.05) is 17.7 Å². The second-order valence-electron chi connectivity index (χ2n) is 5.44. The normalized spacial score (nSPS) is 10.4. The van der Waals surface area contributed by atoms with Crippen LogP contribution < -0.4 is 15.4 Å². The van der Waals surface area contributed by atoms with Gasteiger partial charge in [-0.15, -0.1) is 0 Å². The Morgan fingerprint density at radius 1 is 1.12 bits per heavy atom. The number of carbonyl (C=O) groups excluding carboxylic acids is 1. The van der Waals surface area contributed by atoms with E-state index in [1.165, 1.54) is 6.26 Å². The lowest BCUT2D eigenvalue weighted by atomic mass is 10.2. The minimum absolute atomic E-state index is 0.267. The number of rotatable bonds is 5. The summed E-state index contributed by atoms with van der Waals surface area (Å²) in [5.74, 6) is 0.634. The van der Waals surface area contributed by atoms with E-state index in [-0.39, 0.29) is 11.7 Å². The van der Waals surface area contributed by atoms with Gasteiger partial charge in [0.15, 0.2) is 5.76 Å². The third-order valence-corrected chi connectivity index (χ3v) is 4.05. The monoisotopic (exact) mass is 356 g/mol. The molecule has 2 aromatic carbocycles. The lowest BCUT2D eigenvalue weighted by molar-refractivity contribution is 0.0996. The topological polar surface area (TPSA) is 63.5 Å². The lowest BCUT2D eigenvalue weighted by Crippen LogP contribution is -2.10. The maximum Gasteiger partial charge on any atom is 0.291 e. The fourth-order valence-electron chi connectivity index (χ4n) is 2.32. The van der Waals surface area contributed by atoms with Crippen LogP contribution in [0.1, 0.15) is 16.1 Å². The Kier molecular flexibility index (Phi) is 4.95. The van der Waals surface area contributed by atoms with Crippen molar-refractivity contribution >= 4 is 34.6 Å². The number of amides is 1. The summed E-state index contributed by atoms with van der Waals surface area (Å²) in [4.78, 5) is 12.0. The first kappa shape index (κ1) is 16.9. The molecule has 0 aliphatic carbocycles. The van der Waals surface area contributed by atoms with Gasteiger partial charge >= 0.3 is 0 Å². The van der Waals surface area contributed by atoms with Crippen LogP contribution in [0.5, 0.6) is 5.75 Å². The summed E-state index contributed by atoms with van der Waals surface area (Å²) >= 11 is 6.12. The molecule has 0 bridgehead atoms. The van der Waals surface area contributed by atoms with Crippen LogP contribution in [0.25, 0.3) is 0 Å². The van der Waals surface area contributed by atoms with E-state index in [1.807, 2.05) is 25.1 Å². The molecule has 0 fully saturated rings. The molecule has 0 aliphatic rings. The van der Waals surface area contributed by atoms with Crippen LogP contribution in [0.15, 0.2) is 59.2 Å². The average Bonchev–Trinajstić information content (AvgIpc) is 3.14. The minimum atomic E-state index is -0.291. The number of methoxy groups -OCH3 is 1. The Bertz CT molecular complexity index is 874. The van der Waals surface area contributed by atoms with E-state index < -0.39 is 0 Å². The third-order valence-electron chi connectivity index (χ3n) is 3.65. The molecule has 1 aromatic heterocycles. The van der Waals surface area contributed by atoms with Gasteiger partial charge in [-0.2, -0.15) is 0 Å². The SMILES string of the molecule is COc1cc(Cl)c(C)cc1Nc1ccc(NC(=O)c2ccco2)cc1. The molecule has 0 saturated carbocycles. The van der Waals surface area contributed by atoms with Crippen LogP contribution in [0.4, 0.5) is 17.1 Å². The van der Waals surface area contributed by atoms with Crippen molar-refractivity contribution in [1.29, 1.82) is 0 Å². The molecule has 2 N–H and O–H groups in total. The fraction of sp³-hybridized carbons (Fsp3) is 0.105. The lowest BCUT2D eigenvalue weighted by Gasteiger charge is -2.13. The summed E-state index contributed by atoms with van der Waals surface area (Å²) in [6, 6.07) is 14.3. The number of benzene rings is 2. The van der Waals surface area contributed by atoms with Crippen LogP contribution in [0.3, 0.4) is 0 Å². The molecule has 1 heterocycles. The predicted molar refractivity (Wildman–Crippen MR) is 99.1 cm³/mol. The summed E-state index contributed by atoms with van der Waals surface area (Å²) in [6.45, 7) is 1.93. The second-order valence-corrected chi connectivity index (χ2v) is 5.84. The van der Waals surface area contributed by atoms with Gasteiger partial charge in [-0.25, -0.2) is 0 Å². The largest absolute Gasteiger partial charge is 0.495 e. The maximum absolute atomic E-state index is 12.0. The highest BCUT2D eigenvalue weighted by molar-refractivity contribution is 6.31. The zero-order valence-corrected chi connectivity index (χ0v) is 14.6. The number of aryl methyl sites for hydroxylation is 1. The van der Waals surface area contributed by atoms with E-state index >= 15 is 0 Å². The Labute approximate surface area is 150 Å². The van der Waals surface area contributed by atoms with Gasteiger partial charge in [0.25, 0.3) is 5.91 Å². The first-order chi connectivity index (χ1) is 12.1. The first-order valence-corrected chi connectivity index (χ1v) is 8.00. The van der Waals surface area contributed by atoms with Crippen LogP contribution in [-0.2, 0) is 0 Å². The van der Waals surface area contributed by atoms with Crippen molar-refractivity contribution in [3.05, 3.63) is 71.1 Å². The van der Waals surface area contributed by atoms with E-state index in [4.69, 9.17) is 20.8 Å². The number of hydrogen-bond acceptors (Lipinski definition) is 4. The van der Waals surface area contributed by atoms with Crippen molar-refractivity contribution in [2.24, 2.45) is 0 Å². The molecular formula is C19H17ClN2O3. The zero-order valence-electron chi connectivity index (χ0n) is 13.8. The van der Waals surface area contributed by atoms with E-state index in [1.54, 1.807) is 37.4 Å². The number of anilines is 3. The van der Waals surface area contributed by atoms with E-state index in [9.17, 15) is 4.79 Å².